The van der Waals surface area contributed by atoms with Crippen molar-refractivity contribution in [2.75, 3.05) is 25.1 Å². The fourth-order valence-corrected chi connectivity index (χ4v) is 9.34. The molecule has 1 aliphatic carbocycles. The summed E-state index contributed by atoms with van der Waals surface area (Å²) in [6, 6.07) is 3.68. The molecular formula is C30H42F2N2O3S. The minimum atomic E-state index is -3.20. The third-order valence-electron chi connectivity index (χ3n) is 9.59. The molecule has 210 valence electrons. The Morgan fingerprint density at radius 2 is 1.76 bits per heavy atom. The number of rotatable bonds is 5. The molecule has 3 saturated heterocycles. The normalized spacial score (nSPS) is 32.5. The number of hydrogen-bond donors (Lipinski definition) is 0. The summed E-state index contributed by atoms with van der Waals surface area (Å²) in [7, 11) is -3.20. The van der Waals surface area contributed by atoms with Gasteiger partial charge in [-0.05, 0) is 83.8 Å². The number of carbonyl (C=O) groups is 1. The van der Waals surface area contributed by atoms with Crippen molar-refractivity contribution < 1.29 is 22.0 Å². The lowest BCUT2D eigenvalue weighted by Crippen LogP contribution is -2.55. The zero-order chi connectivity index (χ0) is 27.5. The number of carbonyl (C=O) groups excluding carboxylic acids is 1. The number of halogens is 2. The maximum absolute atomic E-state index is 15.0. The van der Waals surface area contributed by atoms with Crippen molar-refractivity contribution in [1.82, 2.24) is 9.80 Å². The molecule has 0 radical (unpaired) electrons. The van der Waals surface area contributed by atoms with Gasteiger partial charge in [0.1, 0.15) is 21.5 Å². The highest BCUT2D eigenvalue weighted by atomic mass is 32.2. The second-order valence-corrected chi connectivity index (χ2v) is 15.5. The Balaban J connectivity index is 1.45. The average Bonchev–Trinajstić information content (AvgIpc) is 3.38. The molecule has 8 heteroatoms. The fraction of sp³-hybridized carbons (Fsp3) is 0.700. The average molecular weight is 549 g/mol. The molecule has 2 bridgehead atoms. The van der Waals surface area contributed by atoms with Crippen LogP contribution >= 0.6 is 0 Å². The van der Waals surface area contributed by atoms with E-state index in [1.807, 2.05) is 0 Å². The maximum atomic E-state index is 15.0. The molecule has 5 nitrogen and oxygen atoms in total. The van der Waals surface area contributed by atoms with Gasteiger partial charge in [0.25, 0.3) is 0 Å². The van der Waals surface area contributed by atoms with Crippen LogP contribution in [0.15, 0.2) is 29.8 Å². The van der Waals surface area contributed by atoms with Crippen LogP contribution in [0.3, 0.4) is 0 Å². The molecule has 0 spiro atoms. The summed E-state index contributed by atoms with van der Waals surface area (Å²) in [6.45, 7) is 7.36. The van der Waals surface area contributed by atoms with Gasteiger partial charge in [-0.3, -0.25) is 9.69 Å². The van der Waals surface area contributed by atoms with E-state index in [1.54, 1.807) is 0 Å². The number of benzene rings is 1. The van der Waals surface area contributed by atoms with Crippen molar-refractivity contribution in [3.05, 3.63) is 47.0 Å². The highest BCUT2D eigenvalue weighted by molar-refractivity contribution is 7.90. The van der Waals surface area contributed by atoms with Gasteiger partial charge in [0.2, 0.25) is 5.91 Å². The molecule has 5 rings (SSSR count). The third-order valence-corrected chi connectivity index (χ3v) is 10.7. The predicted molar refractivity (Wildman–Crippen MR) is 145 cm³/mol. The van der Waals surface area contributed by atoms with Crippen molar-refractivity contribution in [3.63, 3.8) is 0 Å². The zero-order valence-electron chi connectivity index (χ0n) is 23.2. The number of amides is 1. The van der Waals surface area contributed by atoms with Gasteiger partial charge in [-0.2, -0.15) is 0 Å². The largest absolute Gasteiger partial charge is 0.336 e. The first kappa shape index (κ1) is 27.8. The Bertz CT molecular complexity index is 1210. The Morgan fingerprint density at radius 1 is 1.08 bits per heavy atom. The van der Waals surface area contributed by atoms with Crippen molar-refractivity contribution in [1.29, 1.82) is 0 Å². The third kappa shape index (κ3) is 5.32. The topological polar surface area (TPSA) is 57.7 Å². The van der Waals surface area contributed by atoms with Crippen LogP contribution in [-0.2, 0) is 14.6 Å². The number of likely N-dealkylation sites (tertiary alicyclic amines) is 1. The minimum Gasteiger partial charge on any atom is -0.336 e. The Hall–Kier alpha value is -1.80. The monoisotopic (exact) mass is 548 g/mol. The van der Waals surface area contributed by atoms with Crippen molar-refractivity contribution in [2.24, 2.45) is 11.3 Å². The van der Waals surface area contributed by atoms with Gasteiger partial charge in [-0.25, -0.2) is 17.2 Å². The molecule has 4 aliphatic rings. The smallest absolute Gasteiger partial charge is 0.228 e. The molecule has 1 amide bonds. The van der Waals surface area contributed by atoms with E-state index in [4.69, 9.17) is 0 Å². The Morgan fingerprint density at radius 3 is 2.32 bits per heavy atom. The SMILES string of the molecule is CC(C)(C)N1CC(C(=O)N2C3CCC2CC(CS(C)(=O)=O)(C2=CCCCC2)C3)C(c2ccc(F)cc2F)C1. The van der Waals surface area contributed by atoms with Gasteiger partial charge < -0.3 is 4.90 Å². The summed E-state index contributed by atoms with van der Waals surface area (Å²) in [4.78, 5) is 18.6. The molecule has 4 atom stereocenters. The van der Waals surface area contributed by atoms with Crippen LogP contribution in [0.4, 0.5) is 8.78 Å². The van der Waals surface area contributed by atoms with E-state index in [9.17, 15) is 22.0 Å². The number of piperidine rings is 1. The summed E-state index contributed by atoms with van der Waals surface area (Å²) < 4.78 is 53.9. The number of fused-ring (bicyclic) bond motifs is 2. The standard InChI is InChI=1S/C30H42F2N2O3S/c1-29(2,3)33-17-25(24-13-10-21(31)14-27(24)32)26(18-33)28(35)34-22-11-12-23(34)16-30(15-22,19-38(4,36)37)20-8-6-5-7-9-20/h8,10,13-14,22-23,25-26H,5-7,9,11-12,15-19H2,1-4H3. The van der Waals surface area contributed by atoms with Crippen LogP contribution in [0.1, 0.15) is 83.6 Å². The van der Waals surface area contributed by atoms with Crippen LogP contribution in [0.2, 0.25) is 0 Å². The molecule has 0 N–H and O–H groups in total. The second kappa shape index (κ2) is 9.99. The van der Waals surface area contributed by atoms with Crippen molar-refractivity contribution in [3.8, 4) is 0 Å². The van der Waals surface area contributed by atoms with E-state index < -0.39 is 32.8 Å². The maximum Gasteiger partial charge on any atom is 0.228 e. The van der Waals surface area contributed by atoms with Crippen LogP contribution in [0.5, 0.6) is 0 Å². The van der Waals surface area contributed by atoms with Crippen molar-refractivity contribution >= 4 is 15.7 Å². The van der Waals surface area contributed by atoms with Gasteiger partial charge in [0.05, 0.1) is 11.7 Å². The highest BCUT2D eigenvalue weighted by Crippen LogP contribution is 2.53. The number of hydrogen-bond acceptors (Lipinski definition) is 4. The fourth-order valence-electron chi connectivity index (χ4n) is 7.91. The first-order valence-electron chi connectivity index (χ1n) is 14.2. The van der Waals surface area contributed by atoms with Crippen LogP contribution in [0.25, 0.3) is 0 Å². The lowest BCUT2D eigenvalue weighted by atomic mass is 9.68. The quantitative estimate of drug-likeness (QED) is 0.459. The number of nitrogens with zero attached hydrogens (tertiary/aromatic N) is 2. The summed E-state index contributed by atoms with van der Waals surface area (Å²) in [5, 5.41) is 0. The zero-order valence-corrected chi connectivity index (χ0v) is 24.0. The van der Waals surface area contributed by atoms with E-state index in [-0.39, 0.29) is 35.2 Å². The number of sulfone groups is 1. The molecular weight excluding hydrogens is 506 g/mol. The molecule has 38 heavy (non-hydrogen) atoms. The van der Waals surface area contributed by atoms with Crippen molar-refractivity contribution in [2.45, 2.75) is 95.7 Å². The number of allylic oxidation sites excluding steroid dienone is 2. The summed E-state index contributed by atoms with van der Waals surface area (Å²) in [6.07, 6.45) is 10.9. The predicted octanol–water partition coefficient (Wildman–Crippen LogP) is 5.46. The van der Waals surface area contributed by atoms with E-state index in [2.05, 4.69) is 36.6 Å². The molecule has 3 heterocycles. The summed E-state index contributed by atoms with van der Waals surface area (Å²) in [5.41, 5.74) is 1.10. The molecule has 4 unspecified atom stereocenters. The molecule has 3 fully saturated rings. The van der Waals surface area contributed by atoms with Gasteiger partial charge >= 0.3 is 0 Å². The highest BCUT2D eigenvalue weighted by Gasteiger charge is 2.55. The minimum absolute atomic E-state index is 0.00627. The lowest BCUT2D eigenvalue weighted by molar-refractivity contribution is -0.141. The molecule has 3 aliphatic heterocycles. The Labute approximate surface area is 226 Å². The summed E-state index contributed by atoms with van der Waals surface area (Å²) >= 11 is 0. The van der Waals surface area contributed by atoms with Gasteiger partial charge in [-0.1, -0.05) is 17.7 Å². The van der Waals surface area contributed by atoms with Gasteiger partial charge in [0, 0.05) is 54.4 Å². The van der Waals surface area contributed by atoms with Gasteiger partial charge in [-0.15, -0.1) is 0 Å². The van der Waals surface area contributed by atoms with E-state index in [0.29, 0.717) is 31.5 Å². The molecule has 1 aromatic rings. The first-order valence-corrected chi connectivity index (χ1v) is 16.2. The van der Waals surface area contributed by atoms with E-state index in [0.717, 1.165) is 44.6 Å². The van der Waals surface area contributed by atoms with E-state index in [1.165, 1.54) is 24.0 Å². The lowest BCUT2D eigenvalue weighted by Gasteiger charge is -2.49. The molecule has 0 aromatic heterocycles. The van der Waals surface area contributed by atoms with Crippen LogP contribution in [-0.4, -0.2) is 66.8 Å². The van der Waals surface area contributed by atoms with Gasteiger partial charge in [0.15, 0.2) is 0 Å². The Kier molecular flexibility index (Phi) is 7.30. The first-order chi connectivity index (χ1) is 17.8. The van der Waals surface area contributed by atoms with Crippen LogP contribution < -0.4 is 0 Å². The van der Waals surface area contributed by atoms with Crippen LogP contribution in [0, 0.1) is 23.0 Å². The second-order valence-electron chi connectivity index (χ2n) is 13.3. The molecule has 1 aromatic carbocycles. The molecule has 0 saturated carbocycles. The van der Waals surface area contributed by atoms with E-state index >= 15 is 0 Å². The summed E-state index contributed by atoms with van der Waals surface area (Å²) in [5.74, 6) is -1.80.